The fourth-order valence-corrected chi connectivity index (χ4v) is 5.48. The number of rotatable bonds is 15. The van der Waals surface area contributed by atoms with Crippen LogP contribution in [0, 0.1) is 27.7 Å². The Labute approximate surface area is 181 Å². The Bertz CT molecular complexity index is 536. The molecule has 0 radical (unpaired) electrons. The smallest absolute Gasteiger partial charge is 0.0878 e. The van der Waals surface area contributed by atoms with E-state index in [9.17, 15) is 0 Å². The van der Waals surface area contributed by atoms with Gasteiger partial charge in [0.2, 0.25) is 0 Å². The zero-order chi connectivity index (χ0) is 21.0. The van der Waals surface area contributed by atoms with Crippen LogP contribution in [0.2, 0.25) is 0 Å². The van der Waals surface area contributed by atoms with E-state index in [-0.39, 0.29) is 0 Å². The van der Waals surface area contributed by atoms with Crippen molar-refractivity contribution in [3.05, 3.63) is 28.3 Å². The maximum absolute atomic E-state index is 2.41. The highest BCUT2D eigenvalue weighted by atomic mass is 32.2. The molecule has 1 nitrogen and oxygen atoms in total. The first kappa shape index (κ1) is 25.6. The zero-order valence-electron chi connectivity index (χ0n) is 20.1. The highest BCUT2D eigenvalue weighted by Gasteiger charge is 2.16. The van der Waals surface area contributed by atoms with Crippen LogP contribution < -0.4 is 0 Å². The Morgan fingerprint density at radius 1 is 0.679 bits per heavy atom. The summed E-state index contributed by atoms with van der Waals surface area (Å²) in [7, 11) is 4.82. The Balaban J connectivity index is 2.20. The first-order valence-corrected chi connectivity index (χ1v) is 12.8. The van der Waals surface area contributed by atoms with Gasteiger partial charge in [0.15, 0.2) is 0 Å². The molecule has 0 saturated carbocycles. The molecule has 0 spiro atoms. The maximum atomic E-state index is 2.41. The molecule has 0 atom stereocenters. The molecular weight excluding hydrogens is 358 g/mol. The number of quaternary nitrogens is 1. The molecule has 1 aromatic rings. The molecule has 0 aliphatic heterocycles. The molecule has 0 heterocycles. The number of hydrogen-bond donors (Lipinski definition) is 0. The third kappa shape index (κ3) is 9.83. The van der Waals surface area contributed by atoms with Gasteiger partial charge in [-0.25, -0.2) is 0 Å². The number of aryl methyl sites for hydroxylation is 2. The maximum Gasteiger partial charge on any atom is 0.0878 e. The van der Waals surface area contributed by atoms with Gasteiger partial charge in [-0.15, -0.1) is 11.8 Å². The molecule has 0 fully saturated rings. The summed E-state index contributed by atoms with van der Waals surface area (Å²) in [6, 6.07) is 2.33. The molecule has 0 aromatic heterocycles. The molecule has 0 amide bonds. The van der Waals surface area contributed by atoms with E-state index in [1.165, 1.54) is 110 Å². The van der Waals surface area contributed by atoms with Gasteiger partial charge in [-0.3, -0.25) is 0 Å². The topological polar surface area (TPSA) is 0 Å². The molecular formula is C26H48NS+. The van der Waals surface area contributed by atoms with Crippen molar-refractivity contribution < 1.29 is 4.48 Å². The average molecular weight is 407 g/mol. The molecule has 0 N–H and O–H groups in total. The van der Waals surface area contributed by atoms with E-state index in [2.05, 4.69) is 66.5 Å². The molecule has 0 saturated heterocycles. The van der Waals surface area contributed by atoms with Crippen molar-refractivity contribution in [1.82, 2.24) is 0 Å². The van der Waals surface area contributed by atoms with Gasteiger partial charge in [0, 0.05) is 10.6 Å². The van der Waals surface area contributed by atoms with Gasteiger partial charge in [0.25, 0.3) is 0 Å². The summed E-state index contributed by atoms with van der Waals surface area (Å²) in [4.78, 5) is 1.52. The Morgan fingerprint density at radius 2 is 1.14 bits per heavy atom. The minimum atomic E-state index is 1.16. The Kier molecular flexibility index (Phi) is 12.5. The van der Waals surface area contributed by atoms with Crippen LogP contribution in [0.15, 0.2) is 11.0 Å². The van der Waals surface area contributed by atoms with Crippen LogP contribution in [0.1, 0.15) is 93.4 Å². The second-order valence-corrected chi connectivity index (χ2v) is 10.6. The van der Waals surface area contributed by atoms with E-state index in [4.69, 9.17) is 0 Å². The first-order valence-electron chi connectivity index (χ1n) is 11.8. The van der Waals surface area contributed by atoms with Gasteiger partial charge in [-0.1, -0.05) is 64.4 Å². The lowest BCUT2D eigenvalue weighted by molar-refractivity contribution is -0.888. The van der Waals surface area contributed by atoms with Crippen LogP contribution in [-0.4, -0.2) is 37.4 Å². The highest BCUT2D eigenvalue weighted by molar-refractivity contribution is 7.99. The monoisotopic (exact) mass is 406 g/mol. The Hall–Kier alpha value is -0.470. The molecule has 0 bridgehead atoms. The van der Waals surface area contributed by atoms with Gasteiger partial charge in [-0.05, 0) is 62.8 Å². The van der Waals surface area contributed by atoms with E-state index in [1.54, 1.807) is 0 Å². The van der Waals surface area contributed by atoms with Gasteiger partial charge in [0.1, 0.15) is 0 Å². The lowest BCUT2D eigenvalue weighted by Gasteiger charge is -2.30. The molecule has 0 aliphatic rings. The zero-order valence-corrected chi connectivity index (χ0v) is 20.9. The summed E-state index contributed by atoms with van der Waals surface area (Å²) in [5, 5.41) is 0. The van der Waals surface area contributed by atoms with E-state index >= 15 is 0 Å². The third-order valence-corrected chi connectivity index (χ3v) is 7.64. The third-order valence-electron chi connectivity index (χ3n) is 6.36. The molecule has 2 heteroatoms. The van der Waals surface area contributed by atoms with Crippen molar-refractivity contribution in [2.24, 2.45) is 0 Å². The van der Waals surface area contributed by atoms with Crippen molar-refractivity contribution in [3.8, 4) is 0 Å². The van der Waals surface area contributed by atoms with Gasteiger partial charge in [-0.2, -0.15) is 0 Å². The van der Waals surface area contributed by atoms with Crippen LogP contribution in [0.4, 0.5) is 0 Å². The van der Waals surface area contributed by atoms with Crippen LogP contribution in [-0.2, 0) is 0 Å². The van der Waals surface area contributed by atoms with E-state index < -0.39 is 0 Å². The van der Waals surface area contributed by atoms with Gasteiger partial charge >= 0.3 is 0 Å². The van der Waals surface area contributed by atoms with Crippen molar-refractivity contribution >= 4 is 11.8 Å². The lowest BCUT2D eigenvalue weighted by Crippen LogP contribution is -2.42. The summed E-state index contributed by atoms with van der Waals surface area (Å²) in [5.74, 6) is 1.22. The number of unbranched alkanes of at least 4 members (excludes halogenated alkanes) is 9. The molecule has 0 unspecified atom stereocenters. The normalized spacial score (nSPS) is 12.0. The minimum Gasteiger partial charge on any atom is -0.328 e. The van der Waals surface area contributed by atoms with Crippen molar-refractivity contribution in [1.29, 1.82) is 0 Å². The quantitative estimate of drug-likeness (QED) is 0.161. The number of hydrogen-bond acceptors (Lipinski definition) is 1. The average Bonchev–Trinajstić information content (AvgIpc) is 2.64. The summed E-state index contributed by atoms with van der Waals surface area (Å²) >= 11 is 2.07. The number of benzene rings is 1. The fourth-order valence-electron chi connectivity index (χ4n) is 3.93. The minimum absolute atomic E-state index is 1.16. The van der Waals surface area contributed by atoms with E-state index in [1.807, 2.05) is 0 Å². The molecule has 28 heavy (non-hydrogen) atoms. The van der Waals surface area contributed by atoms with E-state index in [0.717, 1.165) is 4.48 Å². The first-order chi connectivity index (χ1) is 13.3. The molecule has 1 rings (SSSR count). The van der Waals surface area contributed by atoms with Crippen molar-refractivity contribution in [2.45, 2.75) is 104 Å². The Morgan fingerprint density at radius 3 is 1.64 bits per heavy atom. The largest absolute Gasteiger partial charge is 0.328 e. The molecule has 0 aliphatic carbocycles. The van der Waals surface area contributed by atoms with Crippen molar-refractivity contribution in [3.63, 3.8) is 0 Å². The summed E-state index contributed by atoms with van der Waals surface area (Å²) in [6.45, 7) is 13.9. The highest BCUT2D eigenvalue weighted by Crippen LogP contribution is 2.31. The van der Waals surface area contributed by atoms with Crippen LogP contribution >= 0.6 is 11.8 Å². The SMILES string of the molecule is CCCCCCCCCCCC[N+](C)(C)CCSc1c(C)c(C)cc(C)c1C. The number of nitrogens with zero attached hydrogens (tertiary/aromatic N) is 1. The summed E-state index contributed by atoms with van der Waals surface area (Å²) in [5.41, 5.74) is 5.83. The second kappa shape index (κ2) is 13.7. The molecule has 1 aromatic carbocycles. The van der Waals surface area contributed by atoms with Crippen molar-refractivity contribution in [2.75, 3.05) is 32.9 Å². The number of thioether (sulfide) groups is 1. The fraction of sp³-hybridized carbons (Fsp3) is 0.769. The second-order valence-electron chi connectivity index (χ2n) is 9.50. The standard InChI is InChI=1S/C26H48NS/c1-8-9-10-11-12-13-14-15-16-17-18-27(6,7)19-20-28-26-24(4)22(2)21-23(3)25(26)5/h21H,8-20H2,1-7H3/q+1. The van der Waals surface area contributed by atoms with Gasteiger partial charge < -0.3 is 4.48 Å². The predicted octanol–water partition coefficient (Wildman–Crippen LogP) is 8.01. The molecule has 162 valence electrons. The van der Waals surface area contributed by atoms with Crippen LogP contribution in [0.3, 0.4) is 0 Å². The lowest BCUT2D eigenvalue weighted by atomic mass is 10.0. The van der Waals surface area contributed by atoms with Crippen LogP contribution in [0.25, 0.3) is 0 Å². The predicted molar refractivity (Wildman–Crippen MR) is 130 cm³/mol. The van der Waals surface area contributed by atoms with Crippen LogP contribution in [0.5, 0.6) is 0 Å². The van der Waals surface area contributed by atoms with E-state index in [0.29, 0.717) is 0 Å². The summed E-state index contributed by atoms with van der Waals surface area (Å²) in [6.07, 6.45) is 14.3. The van der Waals surface area contributed by atoms with Gasteiger partial charge in [0.05, 0.1) is 27.2 Å². The summed E-state index contributed by atoms with van der Waals surface area (Å²) < 4.78 is 1.16.